The van der Waals surface area contributed by atoms with E-state index in [-0.39, 0.29) is 36.4 Å². The van der Waals surface area contributed by atoms with Crippen molar-refractivity contribution in [1.82, 2.24) is 30.0 Å². The van der Waals surface area contributed by atoms with E-state index in [0.717, 1.165) is 54.6 Å². The molecule has 0 aliphatic carbocycles. The van der Waals surface area contributed by atoms with E-state index in [0.29, 0.717) is 33.4 Å². The molecule has 234 valence electrons. The SMILES string of the molecule is CC(c1oc(=O)c2ccccc2c1-c1ccc(CN2CCNCC2)s1)n1nc(-c2cc(O)cc(F)c2)c2c(N)ncnc21.Cl.Cl. The van der Waals surface area contributed by atoms with Crippen LogP contribution in [0.1, 0.15) is 23.6 Å². The van der Waals surface area contributed by atoms with Gasteiger partial charge in [-0.05, 0) is 37.3 Å². The maximum absolute atomic E-state index is 14.3. The monoisotopic (exact) mass is 669 g/mol. The number of nitrogens with two attached hydrogens (primary N) is 1. The summed E-state index contributed by atoms with van der Waals surface area (Å²) in [7, 11) is 0. The predicted molar refractivity (Wildman–Crippen MR) is 179 cm³/mol. The van der Waals surface area contributed by atoms with Gasteiger partial charge in [-0.25, -0.2) is 23.8 Å². The maximum Gasteiger partial charge on any atom is 0.343 e. The van der Waals surface area contributed by atoms with Gasteiger partial charge in [0.25, 0.3) is 0 Å². The molecule has 5 heterocycles. The van der Waals surface area contributed by atoms with Gasteiger partial charge in [0.1, 0.15) is 41.2 Å². The van der Waals surface area contributed by atoms with Crippen molar-refractivity contribution < 1.29 is 13.9 Å². The minimum atomic E-state index is -0.627. The van der Waals surface area contributed by atoms with Crippen LogP contribution in [0.3, 0.4) is 0 Å². The molecular formula is C31H30Cl2FN7O3S. The minimum Gasteiger partial charge on any atom is -0.508 e. The number of piperazine rings is 1. The fourth-order valence-corrected chi connectivity index (χ4v) is 6.86. The summed E-state index contributed by atoms with van der Waals surface area (Å²) in [4.78, 5) is 26.5. The number of phenols is 1. The summed E-state index contributed by atoms with van der Waals surface area (Å²) in [6, 6.07) is 14.7. The van der Waals surface area contributed by atoms with E-state index < -0.39 is 17.5 Å². The number of fused-ring (bicyclic) bond motifs is 2. The number of nitrogens with zero attached hydrogens (tertiary/aromatic N) is 5. The Bertz CT molecular complexity index is 2040. The smallest absolute Gasteiger partial charge is 0.343 e. The summed E-state index contributed by atoms with van der Waals surface area (Å²) in [6.07, 6.45) is 1.33. The number of phenolic OH excluding ortho intramolecular Hbond substituents is 1. The van der Waals surface area contributed by atoms with Crippen molar-refractivity contribution in [1.29, 1.82) is 0 Å². The van der Waals surface area contributed by atoms with Gasteiger partial charge >= 0.3 is 5.63 Å². The Morgan fingerprint density at radius 3 is 2.60 bits per heavy atom. The Morgan fingerprint density at radius 2 is 1.84 bits per heavy atom. The van der Waals surface area contributed by atoms with Crippen LogP contribution in [0.4, 0.5) is 10.2 Å². The second-order valence-electron chi connectivity index (χ2n) is 10.6. The van der Waals surface area contributed by atoms with Crippen LogP contribution in [-0.2, 0) is 6.54 Å². The number of anilines is 1. The fourth-order valence-electron chi connectivity index (χ4n) is 5.74. The van der Waals surface area contributed by atoms with Gasteiger partial charge in [-0.3, -0.25) is 4.90 Å². The summed E-state index contributed by atoms with van der Waals surface area (Å²) < 4.78 is 22.0. The van der Waals surface area contributed by atoms with Crippen LogP contribution in [0, 0.1) is 5.82 Å². The van der Waals surface area contributed by atoms with E-state index in [9.17, 15) is 14.3 Å². The molecule has 10 nitrogen and oxygen atoms in total. The topological polar surface area (TPSA) is 135 Å². The lowest BCUT2D eigenvalue weighted by Gasteiger charge is -2.26. The molecule has 2 aromatic carbocycles. The molecule has 0 bridgehead atoms. The number of thiophene rings is 1. The Morgan fingerprint density at radius 1 is 1.09 bits per heavy atom. The maximum atomic E-state index is 14.3. The van der Waals surface area contributed by atoms with Gasteiger partial charge in [0, 0.05) is 65.1 Å². The van der Waals surface area contributed by atoms with Crippen LogP contribution in [0.15, 0.2) is 70.1 Å². The summed E-state index contributed by atoms with van der Waals surface area (Å²) in [5, 5.41) is 19.9. The molecule has 14 heteroatoms. The lowest BCUT2D eigenvalue weighted by molar-refractivity contribution is 0.235. The normalized spacial score (nSPS) is 14.3. The largest absolute Gasteiger partial charge is 0.508 e. The van der Waals surface area contributed by atoms with Gasteiger partial charge in [-0.1, -0.05) is 18.2 Å². The summed E-state index contributed by atoms with van der Waals surface area (Å²) in [6.45, 7) is 6.62. The van der Waals surface area contributed by atoms with Gasteiger partial charge in [-0.15, -0.1) is 36.2 Å². The lowest BCUT2D eigenvalue weighted by Crippen LogP contribution is -2.42. The molecule has 1 fully saturated rings. The van der Waals surface area contributed by atoms with Gasteiger partial charge in [-0.2, -0.15) is 5.10 Å². The average Bonchev–Trinajstić information content (AvgIpc) is 3.62. The van der Waals surface area contributed by atoms with Crippen LogP contribution >= 0.6 is 36.2 Å². The Labute approximate surface area is 273 Å². The third-order valence-corrected chi connectivity index (χ3v) is 8.87. The van der Waals surface area contributed by atoms with Crippen LogP contribution in [0.2, 0.25) is 0 Å². The lowest BCUT2D eigenvalue weighted by atomic mass is 10.0. The zero-order valence-electron chi connectivity index (χ0n) is 24.1. The van der Waals surface area contributed by atoms with Crippen molar-refractivity contribution >= 4 is 63.8 Å². The van der Waals surface area contributed by atoms with E-state index in [1.807, 2.05) is 25.1 Å². The minimum absolute atomic E-state index is 0. The highest BCUT2D eigenvalue weighted by molar-refractivity contribution is 7.15. The highest BCUT2D eigenvalue weighted by Gasteiger charge is 2.27. The summed E-state index contributed by atoms with van der Waals surface area (Å²) in [5.41, 5.74) is 7.62. The van der Waals surface area contributed by atoms with E-state index >= 15 is 0 Å². The number of benzene rings is 2. The molecule has 0 amide bonds. The molecule has 45 heavy (non-hydrogen) atoms. The average molecular weight is 671 g/mol. The quantitative estimate of drug-likeness (QED) is 0.207. The van der Waals surface area contributed by atoms with Crippen molar-refractivity contribution in [2.24, 2.45) is 0 Å². The third-order valence-electron chi connectivity index (χ3n) is 7.78. The van der Waals surface area contributed by atoms with Crippen LogP contribution in [0.5, 0.6) is 5.75 Å². The first kappa shape index (κ1) is 32.3. The second kappa shape index (κ2) is 13.1. The zero-order valence-corrected chi connectivity index (χ0v) is 26.5. The molecule has 1 aliphatic rings. The van der Waals surface area contributed by atoms with Crippen LogP contribution in [-0.4, -0.2) is 55.9 Å². The van der Waals surface area contributed by atoms with Crippen molar-refractivity contribution in [3.8, 4) is 27.4 Å². The number of hydrogen-bond donors (Lipinski definition) is 3. The highest BCUT2D eigenvalue weighted by Crippen LogP contribution is 2.41. The number of hydrogen-bond acceptors (Lipinski definition) is 10. The number of halogens is 3. The Hall–Kier alpha value is -4.07. The van der Waals surface area contributed by atoms with Gasteiger partial charge in [0.15, 0.2) is 5.65 Å². The molecule has 1 saturated heterocycles. The van der Waals surface area contributed by atoms with Crippen molar-refractivity contribution in [2.45, 2.75) is 19.5 Å². The van der Waals surface area contributed by atoms with Gasteiger partial charge in [0.05, 0.1) is 10.8 Å². The number of rotatable bonds is 6. The standard InChI is InChI=1S/C31H28FN7O3S.2ClH/c1-17(39-30-26(29(33)35-16-36-30)27(37-39)18-12-19(32)14-20(40)13-18)28-25(22-4-2-3-5-23(22)31(41)42-28)24-7-6-21(43-24)15-38-10-8-34-9-11-38;;/h2-7,12-14,16-17,34,40H,8-11,15H2,1H3,(H2,33,35,36);2*1H. The summed E-state index contributed by atoms with van der Waals surface area (Å²) in [5.74, 6) is -0.315. The molecule has 7 rings (SSSR count). The zero-order chi connectivity index (χ0) is 29.7. The Balaban J connectivity index is 0.00000200. The molecule has 6 aromatic rings. The fraction of sp³-hybridized carbons (Fsp3) is 0.226. The Kier molecular flexibility index (Phi) is 9.42. The van der Waals surface area contributed by atoms with Crippen molar-refractivity contribution in [2.75, 3.05) is 31.9 Å². The molecule has 1 aliphatic heterocycles. The first-order chi connectivity index (χ1) is 20.9. The number of aromatic nitrogens is 4. The van der Waals surface area contributed by atoms with Gasteiger partial charge in [0.2, 0.25) is 0 Å². The van der Waals surface area contributed by atoms with E-state index in [1.54, 1.807) is 22.1 Å². The third kappa shape index (κ3) is 5.99. The predicted octanol–water partition coefficient (Wildman–Crippen LogP) is 5.61. The molecule has 0 spiro atoms. The molecular weight excluding hydrogens is 640 g/mol. The first-order valence-corrected chi connectivity index (χ1v) is 14.8. The van der Waals surface area contributed by atoms with E-state index in [1.165, 1.54) is 23.3 Å². The second-order valence-corrected chi connectivity index (χ2v) is 11.8. The van der Waals surface area contributed by atoms with Crippen molar-refractivity contribution in [3.63, 3.8) is 0 Å². The number of nitrogens with one attached hydrogen (secondary N) is 1. The molecule has 4 aromatic heterocycles. The highest BCUT2D eigenvalue weighted by atomic mass is 35.5. The summed E-state index contributed by atoms with van der Waals surface area (Å²) >= 11 is 1.67. The molecule has 1 atom stereocenters. The van der Waals surface area contributed by atoms with E-state index in [4.69, 9.17) is 15.2 Å². The number of nitrogen functional groups attached to an aromatic ring is 1. The van der Waals surface area contributed by atoms with Crippen LogP contribution < -0.4 is 16.7 Å². The van der Waals surface area contributed by atoms with Crippen molar-refractivity contribution in [3.05, 3.63) is 87.8 Å². The van der Waals surface area contributed by atoms with E-state index in [2.05, 4.69) is 32.3 Å². The van der Waals surface area contributed by atoms with Crippen LogP contribution in [0.25, 0.3) is 43.5 Å². The molecule has 4 N–H and O–H groups in total. The van der Waals surface area contributed by atoms with Gasteiger partial charge < -0.3 is 20.6 Å². The molecule has 0 radical (unpaired) electrons. The number of aromatic hydroxyl groups is 1. The molecule has 1 unspecified atom stereocenters. The first-order valence-electron chi connectivity index (χ1n) is 13.9. The molecule has 0 saturated carbocycles.